The first-order valence-corrected chi connectivity index (χ1v) is 5.57. The molecule has 0 aliphatic heterocycles. The number of carbonyl (C=O) groups is 1. The van der Waals surface area contributed by atoms with Crippen LogP contribution in [0.2, 0.25) is 0 Å². The van der Waals surface area contributed by atoms with Crippen LogP contribution in [-0.4, -0.2) is 26.8 Å². The number of ketones is 1. The maximum Gasteiger partial charge on any atom is 0.208 e. The molecule has 72 valence electrons. The molecule has 0 spiro atoms. The standard InChI is InChI=1S/C9H14N2OS/c1-3-11-6-5-10-9(11)8(12)7-13-4-2/h5-6H,3-4,7H2,1-2H3. The predicted molar refractivity (Wildman–Crippen MR) is 55.2 cm³/mol. The van der Waals surface area contributed by atoms with Crippen LogP contribution >= 0.6 is 11.8 Å². The van der Waals surface area contributed by atoms with Crippen LogP contribution in [0.1, 0.15) is 24.5 Å². The number of nitrogens with zero attached hydrogens (tertiary/aromatic N) is 2. The van der Waals surface area contributed by atoms with E-state index in [0.29, 0.717) is 11.6 Å². The third kappa shape index (κ3) is 2.59. The third-order valence-electron chi connectivity index (χ3n) is 1.74. The van der Waals surface area contributed by atoms with E-state index in [1.54, 1.807) is 18.0 Å². The van der Waals surface area contributed by atoms with Crippen molar-refractivity contribution in [2.45, 2.75) is 20.4 Å². The maximum atomic E-state index is 11.5. The SMILES string of the molecule is CCSCC(=O)c1nccn1CC. The van der Waals surface area contributed by atoms with Crippen LogP contribution in [0.5, 0.6) is 0 Å². The predicted octanol–water partition coefficient (Wildman–Crippen LogP) is 1.84. The Bertz CT molecular complexity index is 283. The highest BCUT2D eigenvalue weighted by atomic mass is 32.2. The number of aromatic nitrogens is 2. The van der Waals surface area contributed by atoms with E-state index in [0.717, 1.165) is 12.3 Å². The Morgan fingerprint density at radius 2 is 2.38 bits per heavy atom. The molecule has 3 nitrogen and oxygen atoms in total. The van der Waals surface area contributed by atoms with Crippen molar-refractivity contribution in [1.82, 2.24) is 9.55 Å². The van der Waals surface area contributed by atoms with Gasteiger partial charge in [0.1, 0.15) is 0 Å². The molecule has 0 aliphatic carbocycles. The molecule has 0 N–H and O–H groups in total. The van der Waals surface area contributed by atoms with Gasteiger partial charge in [0.2, 0.25) is 5.78 Å². The van der Waals surface area contributed by atoms with E-state index in [-0.39, 0.29) is 5.78 Å². The topological polar surface area (TPSA) is 34.9 Å². The number of carbonyl (C=O) groups excluding carboxylic acids is 1. The lowest BCUT2D eigenvalue weighted by atomic mass is 10.4. The molecule has 0 aliphatic rings. The van der Waals surface area contributed by atoms with Gasteiger partial charge in [0.15, 0.2) is 5.82 Å². The minimum atomic E-state index is 0.124. The number of hydrogen-bond acceptors (Lipinski definition) is 3. The van der Waals surface area contributed by atoms with Gasteiger partial charge in [-0.1, -0.05) is 6.92 Å². The van der Waals surface area contributed by atoms with Crippen molar-refractivity contribution in [2.75, 3.05) is 11.5 Å². The fourth-order valence-electron chi connectivity index (χ4n) is 1.08. The quantitative estimate of drug-likeness (QED) is 0.677. The molecular formula is C9H14N2OS. The van der Waals surface area contributed by atoms with E-state index < -0.39 is 0 Å². The summed E-state index contributed by atoms with van der Waals surface area (Å²) in [5.74, 6) is 2.22. The van der Waals surface area contributed by atoms with Gasteiger partial charge in [0, 0.05) is 18.9 Å². The minimum Gasteiger partial charge on any atom is -0.329 e. The Hall–Kier alpha value is -0.770. The summed E-state index contributed by atoms with van der Waals surface area (Å²) in [6.07, 6.45) is 3.51. The molecule has 0 bridgehead atoms. The van der Waals surface area contributed by atoms with Crippen LogP contribution < -0.4 is 0 Å². The zero-order chi connectivity index (χ0) is 9.68. The fourth-order valence-corrected chi connectivity index (χ4v) is 1.59. The molecule has 0 unspecified atom stereocenters. The van der Waals surface area contributed by atoms with Crippen LogP contribution in [-0.2, 0) is 6.54 Å². The minimum absolute atomic E-state index is 0.124. The second-order valence-electron chi connectivity index (χ2n) is 2.60. The summed E-state index contributed by atoms with van der Waals surface area (Å²) < 4.78 is 1.87. The molecule has 0 fully saturated rings. The van der Waals surface area contributed by atoms with Crippen molar-refractivity contribution in [1.29, 1.82) is 0 Å². The van der Waals surface area contributed by atoms with Crippen molar-refractivity contribution in [2.24, 2.45) is 0 Å². The van der Waals surface area contributed by atoms with Gasteiger partial charge < -0.3 is 4.57 Å². The number of rotatable bonds is 5. The maximum absolute atomic E-state index is 11.5. The van der Waals surface area contributed by atoms with Gasteiger partial charge in [-0.3, -0.25) is 4.79 Å². The zero-order valence-corrected chi connectivity index (χ0v) is 8.80. The molecule has 0 saturated carbocycles. The Kier molecular flexibility index (Phi) is 4.02. The van der Waals surface area contributed by atoms with Crippen LogP contribution in [0.3, 0.4) is 0 Å². The van der Waals surface area contributed by atoms with E-state index in [1.807, 2.05) is 24.6 Å². The van der Waals surface area contributed by atoms with Gasteiger partial charge in [0.05, 0.1) is 5.75 Å². The van der Waals surface area contributed by atoms with Gasteiger partial charge in [-0.05, 0) is 12.7 Å². The first kappa shape index (κ1) is 10.3. The first-order chi connectivity index (χ1) is 6.29. The fraction of sp³-hybridized carbons (Fsp3) is 0.556. The van der Waals surface area contributed by atoms with E-state index in [4.69, 9.17) is 0 Å². The van der Waals surface area contributed by atoms with Crippen molar-refractivity contribution < 1.29 is 4.79 Å². The lowest BCUT2D eigenvalue weighted by Crippen LogP contribution is -2.11. The van der Waals surface area contributed by atoms with Crippen LogP contribution in [0, 0.1) is 0 Å². The molecular weight excluding hydrogens is 184 g/mol. The summed E-state index contributed by atoms with van der Waals surface area (Å²) in [4.78, 5) is 15.6. The summed E-state index contributed by atoms with van der Waals surface area (Å²) in [7, 11) is 0. The van der Waals surface area contributed by atoms with Gasteiger partial charge in [-0.25, -0.2) is 4.98 Å². The van der Waals surface area contributed by atoms with E-state index in [2.05, 4.69) is 4.98 Å². The third-order valence-corrected chi connectivity index (χ3v) is 2.62. The normalized spacial score (nSPS) is 10.3. The molecule has 0 saturated heterocycles. The van der Waals surface area contributed by atoms with Gasteiger partial charge in [-0.15, -0.1) is 0 Å². The van der Waals surface area contributed by atoms with Crippen LogP contribution in [0.15, 0.2) is 12.4 Å². The number of aryl methyl sites for hydroxylation is 1. The first-order valence-electron chi connectivity index (χ1n) is 4.41. The van der Waals surface area contributed by atoms with Crippen molar-refractivity contribution in [3.8, 4) is 0 Å². The van der Waals surface area contributed by atoms with Crippen molar-refractivity contribution in [3.63, 3.8) is 0 Å². The molecule has 4 heteroatoms. The summed E-state index contributed by atoms with van der Waals surface area (Å²) in [5.41, 5.74) is 0. The molecule has 1 aromatic rings. The Morgan fingerprint density at radius 3 is 3.00 bits per heavy atom. The molecule has 1 rings (SSSR count). The number of hydrogen-bond donors (Lipinski definition) is 0. The molecule has 1 aromatic heterocycles. The zero-order valence-electron chi connectivity index (χ0n) is 7.99. The van der Waals surface area contributed by atoms with Crippen molar-refractivity contribution >= 4 is 17.5 Å². The average molecular weight is 198 g/mol. The Balaban J connectivity index is 2.65. The molecule has 1 heterocycles. The highest BCUT2D eigenvalue weighted by Crippen LogP contribution is 2.05. The smallest absolute Gasteiger partial charge is 0.208 e. The van der Waals surface area contributed by atoms with Gasteiger partial charge >= 0.3 is 0 Å². The Labute approximate surface area is 82.5 Å². The second kappa shape index (κ2) is 5.07. The van der Waals surface area contributed by atoms with E-state index >= 15 is 0 Å². The second-order valence-corrected chi connectivity index (χ2v) is 3.87. The number of imidazole rings is 1. The Morgan fingerprint density at radius 1 is 1.62 bits per heavy atom. The summed E-state index contributed by atoms with van der Waals surface area (Å²) in [5, 5.41) is 0. The van der Waals surface area contributed by atoms with Gasteiger partial charge in [-0.2, -0.15) is 11.8 Å². The van der Waals surface area contributed by atoms with Crippen LogP contribution in [0.25, 0.3) is 0 Å². The number of thioether (sulfide) groups is 1. The molecule has 13 heavy (non-hydrogen) atoms. The monoisotopic (exact) mass is 198 g/mol. The van der Waals surface area contributed by atoms with Crippen LogP contribution in [0.4, 0.5) is 0 Å². The summed E-state index contributed by atoms with van der Waals surface area (Å²) >= 11 is 1.63. The number of Topliss-reactive ketones (excluding diaryl/α,β-unsaturated/α-hetero) is 1. The average Bonchev–Trinajstić information content (AvgIpc) is 2.61. The van der Waals surface area contributed by atoms with Crippen molar-refractivity contribution in [3.05, 3.63) is 18.2 Å². The summed E-state index contributed by atoms with van der Waals surface area (Å²) in [6, 6.07) is 0. The van der Waals surface area contributed by atoms with E-state index in [1.165, 1.54) is 0 Å². The molecule has 0 radical (unpaired) electrons. The lowest BCUT2D eigenvalue weighted by Gasteiger charge is -2.02. The molecule has 0 amide bonds. The molecule has 0 atom stereocenters. The lowest BCUT2D eigenvalue weighted by molar-refractivity contribution is 0.100. The highest BCUT2D eigenvalue weighted by Gasteiger charge is 2.10. The highest BCUT2D eigenvalue weighted by molar-refractivity contribution is 7.99. The summed E-state index contributed by atoms with van der Waals surface area (Å²) in [6.45, 7) is 4.85. The largest absolute Gasteiger partial charge is 0.329 e. The van der Waals surface area contributed by atoms with Gasteiger partial charge in [0.25, 0.3) is 0 Å². The molecule has 0 aromatic carbocycles. The van der Waals surface area contributed by atoms with E-state index in [9.17, 15) is 4.79 Å².